The van der Waals surface area contributed by atoms with Gasteiger partial charge in [0.1, 0.15) is 0 Å². The quantitative estimate of drug-likeness (QED) is 0.519. The molecule has 0 saturated heterocycles. The first-order valence-corrected chi connectivity index (χ1v) is 21.4. The third kappa shape index (κ3) is 13.7. The van der Waals surface area contributed by atoms with Crippen molar-refractivity contribution in [1.82, 2.24) is 0 Å². The van der Waals surface area contributed by atoms with E-state index in [1.54, 1.807) is 0 Å². The number of hydrogen-bond donors (Lipinski definition) is 0. The molecule has 0 amide bonds. The minimum absolute atomic E-state index is 0. The first-order chi connectivity index (χ1) is 6.49. The van der Waals surface area contributed by atoms with Gasteiger partial charge in [-0.3, -0.25) is 0 Å². The normalized spacial score (nSPS) is 11.6. The zero-order valence-corrected chi connectivity index (χ0v) is 17.0. The summed E-state index contributed by atoms with van der Waals surface area (Å²) in [5.41, 5.74) is 0. The molecule has 0 heterocycles. The molecule has 0 aromatic rings. The van der Waals surface area contributed by atoms with Crippen LogP contribution in [0, 0.1) is 0 Å². The van der Waals surface area contributed by atoms with Gasteiger partial charge in [0.25, 0.3) is 0 Å². The molecular formula is C10H26ClO2Sn2. The molecule has 0 bridgehead atoms. The summed E-state index contributed by atoms with van der Waals surface area (Å²) in [6.07, 6.45) is 5.32. The van der Waals surface area contributed by atoms with Crippen LogP contribution in [0.25, 0.3) is 0 Å². The van der Waals surface area contributed by atoms with Gasteiger partial charge in [0.15, 0.2) is 0 Å². The van der Waals surface area contributed by atoms with Gasteiger partial charge >= 0.3 is 106 Å². The van der Waals surface area contributed by atoms with Crippen molar-refractivity contribution >= 4 is 46.8 Å². The van der Waals surface area contributed by atoms with Crippen LogP contribution in [-0.4, -0.2) is 43.3 Å². The second-order valence-electron chi connectivity index (χ2n) is 4.21. The van der Waals surface area contributed by atoms with Gasteiger partial charge < -0.3 is 5.48 Å². The fraction of sp³-hybridized carbons (Fsp3) is 1.00. The van der Waals surface area contributed by atoms with Crippen LogP contribution < -0.4 is 0 Å². The molecule has 0 aliphatic rings. The van der Waals surface area contributed by atoms with E-state index in [0.717, 1.165) is 0 Å². The van der Waals surface area contributed by atoms with Gasteiger partial charge in [-0.15, -0.1) is 0 Å². The van der Waals surface area contributed by atoms with Crippen molar-refractivity contribution < 1.29 is 6.89 Å². The molecule has 0 aliphatic carbocycles. The molecule has 0 saturated carbocycles. The smallest absolute Gasteiger partial charge is 0.412 e. The van der Waals surface area contributed by atoms with Crippen LogP contribution in [0.1, 0.15) is 39.5 Å². The fourth-order valence-electron chi connectivity index (χ4n) is 1.32. The topological polar surface area (TPSA) is 40.7 Å². The Morgan fingerprint density at radius 1 is 1.07 bits per heavy atom. The maximum atomic E-state index is 6.32. The zero-order valence-electron chi connectivity index (χ0n) is 10.5. The summed E-state index contributed by atoms with van der Waals surface area (Å²) in [5.74, 6) is 0. The van der Waals surface area contributed by atoms with Crippen molar-refractivity contribution in [3.8, 4) is 0 Å². The van der Waals surface area contributed by atoms with Crippen LogP contribution in [0.2, 0.25) is 18.8 Å². The molecule has 93 valence electrons. The van der Waals surface area contributed by atoms with E-state index in [9.17, 15) is 0 Å². The number of halogens is 1. The number of hydrogen-bond acceptors (Lipinski definition) is 1. The molecule has 2 nitrogen and oxygen atoms in total. The summed E-state index contributed by atoms with van der Waals surface area (Å²) in [4.78, 5) is 4.35. The van der Waals surface area contributed by atoms with Crippen molar-refractivity contribution in [2.75, 3.05) is 0 Å². The summed E-state index contributed by atoms with van der Waals surface area (Å²) in [6.45, 7) is 4.52. The molecule has 0 atom stereocenters. The van der Waals surface area contributed by atoms with Crippen LogP contribution in [0.5, 0.6) is 0 Å². The van der Waals surface area contributed by atoms with Crippen molar-refractivity contribution in [2.24, 2.45) is 0 Å². The van der Waals surface area contributed by atoms with E-state index in [0.29, 0.717) is 0 Å². The third-order valence-corrected chi connectivity index (χ3v) is 27.7. The van der Waals surface area contributed by atoms with Gasteiger partial charge in [-0.05, 0) is 0 Å². The average molecular weight is 451 g/mol. The van der Waals surface area contributed by atoms with Gasteiger partial charge in [0, 0.05) is 0 Å². The predicted octanol–water partition coefficient (Wildman–Crippen LogP) is 3.71. The van der Waals surface area contributed by atoms with Crippen LogP contribution in [0.4, 0.5) is 0 Å². The molecule has 0 spiro atoms. The molecule has 15 heavy (non-hydrogen) atoms. The van der Waals surface area contributed by atoms with Crippen molar-refractivity contribution in [2.45, 2.75) is 58.3 Å². The zero-order chi connectivity index (χ0) is 11.0. The number of unbranched alkanes of at least 4 members (excludes halogenated alkanes) is 2. The molecule has 1 radical (unpaired) electrons. The van der Waals surface area contributed by atoms with E-state index in [1.807, 2.05) is 0 Å². The van der Waals surface area contributed by atoms with Crippen LogP contribution in [0.15, 0.2) is 0 Å². The Balaban J connectivity index is 0. The predicted molar refractivity (Wildman–Crippen MR) is 73.2 cm³/mol. The number of rotatable bonds is 8. The standard InChI is InChI=1S/2C4H9.2CH3.ClH.H2O.O.2Sn/c2*1-3-4-2;;;;;;;/h2*1,3-4H2,2H3;2*1H3;1H;1H2;;;/q;;;;;;;;+1/p-1. The molecule has 2 N–H and O–H groups in total. The minimum atomic E-state index is -2.45. The summed E-state index contributed by atoms with van der Waals surface area (Å²) >= 11 is -3.95. The summed E-state index contributed by atoms with van der Waals surface area (Å²) in [6, 6.07) is 0. The third-order valence-electron chi connectivity index (χ3n) is 2.01. The van der Waals surface area contributed by atoms with E-state index < -0.39 is 37.8 Å². The molecule has 0 fully saturated rings. The van der Waals surface area contributed by atoms with Gasteiger partial charge in [0.05, 0.1) is 0 Å². The van der Waals surface area contributed by atoms with Crippen LogP contribution in [-0.2, 0) is 1.41 Å². The molecule has 0 aromatic heterocycles. The van der Waals surface area contributed by atoms with Crippen LogP contribution in [0.3, 0.4) is 0 Å². The Kier molecular flexibility index (Phi) is 14.0. The van der Waals surface area contributed by atoms with Gasteiger partial charge in [-0.25, -0.2) is 0 Å². The van der Waals surface area contributed by atoms with E-state index in [1.165, 1.54) is 34.6 Å². The summed E-state index contributed by atoms with van der Waals surface area (Å²) in [7, 11) is 6.32. The van der Waals surface area contributed by atoms with Gasteiger partial charge in [0.2, 0.25) is 0 Å². The maximum absolute atomic E-state index is 6.32. The Labute approximate surface area is 111 Å². The van der Waals surface area contributed by atoms with Crippen molar-refractivity contribution in [3.05, 3.63) is 0 Å². The Bertz CT molecular complexity index is 132. The second kappa shape index (κ2) is 10.9. The molecular weight excluding hydrogens is 425 g/mol. The SMILES string of the molecule is CCC[CH2][Sn]([CH2]CCC)[O][Sn]([CH3])([CH3])[Cl].O. The Hall–Kier alpha value is 1.81. The van der Waals surface area contributed by atoms with E-state index in [2.05, 4.69) is 23.7 Å². The molecule has 5 heteroatoms. The first kappa shape index (κ1) is 19.2. The Morgan fingerprint density at radius 3 is 1.73 bits per heavy atom. The molecule has 0 rings (SSSR count). The first-order valence-electron chi connectivity index (χ1n) is 5.72. The van der Waals surface area contributed by atoms with E-state index in [4.69, 9.17) is 10.3 Å². The van der Waals surface area contributed by atoms with E-state index >= 15 is 0 Å². The van der Waals surface area contributed by atoms with Crippen LogP contribution >= 0.6 is 8.92 Å². The molecule has 0 aromatic carbocycles. The minimum Gasteiger partial charge on any atom is -0.412 e. The second-order valence-corrected chi connectivity index (χ2v) is 28.5. The van der Waals surface area contributed by atoms with E-state index in [-0.39, 0.29) is 5.48 Å². The molecule has 0 aliphatic heterocycles. The monoisotopic (exact) mass is 453 g/mol. The van der Waals surface area contributed by atoms with Crippen molar-refractivity contribution in [3.63, 3.8) is 0 Å². The largest absolute Gasteiger partial charge is 0.412 e. The van der Waals surface area contributed by atoms with Gasteiger partial charge in [-0.1, -0.05) is 0 Å². The summed E-state index contributed by atoms with van der Waals surface area (Å²) < 4.78 is 9.00. The Morgan fingerprint density at radius 2 is 1.47 bits per heavy atom. The maximum Gasteiger partial charge on any atom is -0.412 e. The van der Waals surface area contributed by atoms with Gasteiger partial charge in [-0.2, -0.15) is 0 Å². The van der Waals surface area contributed by atoms with Crippen molar-refractivity contribution in [1.29, 1.82) is 0 Å². The average Bonchev–Trinajstić information content (AvgIpc) is 2.07. The summed E-state index contributed by atoms with van der Waals surface area (Å²) in [5, 5.41) is 0. The fourth-order valence-corrected chi connectivity index (χ4v) is 30.8. The molecule has 0 unspecified atom stereocenters.